The highest BCUT2D eigenvalue weighted by atomic mass is 79.9. The molecule has 3 rings (SSSR count). The van der Waals surface area contributed by atoms with E-state index in [1.807, 2.05) is 0 Å². The molecule has 0 unspecified atom stereocenters. The predicted molar refractivity (Wildman–Crippen MR) is 96.4 cm³/mol. The number of nitrogens with one attached hydrogen (secondary N) is 1. The lowest BCUT2D eigenvalue weighted by Gasteiger charge is -2.13. The number of anilines is 1. The zero-order valence-corrected chi connectivity index (χ0v) is 16.4. The second-order valence-electron chi connectivity index (χ2n) is 5.44. The molecule has 0 amide bonds. The molecule has 138 valence electrons. The fraction of sp³-hybridized carbons (Fsp3) is 0.188. The van der Waals surface area contributed by atoms with Gasteiger partial charge < -0.3 is 9.47 Å². The Hall–Kier alpha value is -1.84. The molecule has 0 bridgehead atoms. The Labute approximate surface area is 162 Å². The van der Waals surface area contributed by atoms with Crippen LogP contribution in [0.25, 0.3) is 0 Å². The number of halogens is 3. The molecule has 1 atom stereocenters. The highest BCUT2D eigenvalue weighted by Gasteiger charge is 2.34. The quantitative estimate of drug-likeness (QED) is 0.691. The Morgan fingerprint density at radius 3 is 2.85 bits per heavy atom. The van der Waals surface area contributed by atoms with Crippen LogP contribution in [-0.2, 0) is 19.6 Å². The monoisotopic (exact) mass is 463 g/mol. The third-order valence-electron chi connectivity index (χ3n) is 3.57. The van der Waals surface area contributed by atoms with E-state index in [1.54, 1.807) is 0 Å². The van der Waals surface area contributed by atoms with E-state index in [2.05, 4.69) is 20.7 Å². The van der Waals surface area contributed by atoms with Gasteiger partial charge in [-0.2, -0.15) is 0 Å². The predicted octanol–water partition coefficient (Wildman–Crippen LogP) is 4.04. The first-order valence-electron chi connectivity index (χ1n) is 7.29. The Morgan fingerprint density at radius 1 is 1.42 bits per heavy atom. The van der Waals surface area contributed by atoms with Gasteiger partial charge in [-0.15, -0.1) is 0 Å². The fourth-order valence-electron chi connectivity index (χ4n) is 2.51. The summed E-state index contributed by atoms with van der Waals surface area (Å²) >= 11 is 9.02. The van der Waals surface area contributed by atoms with Crippen molar-refractivity contribution in [2.75, 3.05) is 11.3 Å². The lowest BCUT2D eigenvalue weighted by Crippen LogP contribution is -2.15. The number of hydrogen-bond donors (Lipinski definition) is 1. The summed E-state index contributed by atoms with van der Waals surface area (Å²) in [5.41, 5.74) is 0.102. The minimum absolute atomic E-state index is 0.0172. The van der Waals surface area contributed by atoms with E-state index in [0.717, 1.165) is 0 Å². The van der Waals surface area contributed by atoms with E-state index < -0.39 is 27.9 Å². The van der Waals surface area contributed by atoms with Gasteiger partial charge in [0.2, 0.25) is 0 Å². The third kappa shape index (κ3) is 3.65. The topological polar surface area (TPSA) is 81.7 Å². The molecule has 1 heterocycles. The van der Waals surface area contributed by atoms with Gasteiger partial charge in [-0.25, -0.2) is 12.8 Å². The van der Waals surface area contributed by atoms with Crippen molar-refractivity contribution < 1.29 is 27.1 Å². The Bertz CT molecular complexity index is 998. The van der Waals surface area contributed by atoms with E-state index in [9.17, 15) is 17.6 Å². The average molecular weight is 465 g/mol. The van der Waals surface area contributed by atoms with Gasteiger partial charge in [-0.3, -0.25) is 9.52 Å². The molecule has 0 saturated carbocycles. The maximum absolute atomic E-state index is 14.1. The first-order chi connectivity index (χ1) is 12.2. The number of fused-ring (bicyclic) bond motifs is 1. The minimum Gasteiger partial charge on any atom is -0.487 e. The Morgan fingerprint density at radius 2 is 2.15 bits per heavy atom. The molecule has 1 aliphatic heterocycles. The van der Waals surface area contributed by atoms with Gasteiger partial charge in [0.25, 0.3) is 10.0 Å². The van der Waals surface area contributed by atoms with Crippen molar-refractivity contribution in [3.63, 3.8) is 0 Å². The van der Waals surface area contributed by atoms with Gasteiger partial charge in [0.1, 0.15) is 17.3 Å². The summed E-state index contributed by atoms with van der Waals surface area (Å²) in [5, 5.41) is 0.112. The lowest BCUT2D eigenvalue weighted by molar-refractivity contribution is -0.147. The summed E-state index contributed by atoms with van der Waals surface area (Å²) in [5.74, 6) is -1.28. The number of hydrogen-bond acceptors (Lipinski definition) is 5. The molecule has 0 aromatic heterocycles. The van der Waals surface area contributed by atoms with Gasteiger partial charge in [0.05, 0.1) is 10.2 Å². The largest absolute Gasteiger partial charge is 0.487 e. The van der Waals surface area contributed by atoms with Crippen molar-refractivity contribution in [1.82, 2.24) is 0 Å². The minimum atomic E-state index is -4.21. The number of carbonyl (C=O) groups excluding carboxylic acids is 1. The summed E-state index contributed by atoms with van der Waals surface area (Å²) in [6, 6.07) is 6.87. The smallest absolute Gasteiger partial charge is 0.303 e. The number of benzene rings is 2. The summed E-state index contributed by atoms with van der Waals surface area (Å²) in [7, 11) is -4.21. The van der Waals surface area contributed by atoms with Gasteiger partial charge in [0.15, 0.2) is 11.9 Å². The van der Waals surface area contributed by atoms with E-state index in [-0.39, 0.29) is 32.4 Å². The zero-order chi connectivity index (χ0) is 19.1. The van der Waals surface area contributed by atoms with Gasteiger partial charge in [0, 0.05) is 17.5 Å². The second kappa shape index (κ2) is 7.05. The van der Waals surface area contributed by atoms with Crippen LogP contribution < -0.4 is 9.46 Å². The molecule has 2 aromatic carbocycles. The molecule has 26 heavy (non-hydrogen) atoms. The maximum atomic E-state index is 14.1. The lowest BCUT2D eigenvalue weighted by atomic mass is 10.1. The highest BCUT2D eigenvalue weighted by molar-refractivity contribution is 9.10. The normalized spacial score (nSPS) is 15.9. The molecule has 0 saturated heterocycles. The van der Waals surface area contributed by atoms with Crippen LogP contribution in [0.4, 0.5) is 10.1 Å². The van der Waals surface area contributed by atoms with Crippen LogP contribution >= 0.6 is 27.5 Å². The van der Waals surface area contributed by atoms with Crippen molar-refractivity contribution in [2.24, 2.45) is 0 Å². The SMILES string of the molecule is CC(=O)O[C@@H]1COc2c1cc(Cl)cc2S(=O)(=O)Nc1cccc(Br)c1F. The first kappa shape index (κ1) is 18.9. The first-order valence-corrected chi connectivity index (χ1v) is 9.95. The molecular weight excluding hydrogens is 453 g/mol. The summed E-state index contributed by atoms with van der Waals surface area (Å²) in [6.07, 6.45) is -0.766. The molecule has 0 spiro atoms. The van der Waals surface area contributed by atoms with Crippen LogP contribution in [0.2, 0.25) is 5.02 Å². The molecular formula is C16H12BrClFNO5S. The third-order valence-corrected chi connectivity index (χ3v) is 5.77. The molecule has 1 aliphatic rings. The van der Waals surface area contributed by atoms with Crippen molar-refractivity contribution in [3.05, 3.63) is 51.2 Å². The summed E-state index contributed by atoms with van der Waals surface area (Å²) in [6.45, 7) is 1.20. The Kier molecular flexibility index (Phi) is 5.14. The van der Waals surface area contributed by atoms with Gasteiger partial charge >= 0.3 is 5.97 Å². The van der Waals surface area contributed by atoms with Crippen LogP contribution in [0.5, 0.6) is 5.75 Å². The Balaban J connectivity index is 2.04. The molecule has 0 radical (unpaired) electrons. The number of esters is 1. The standard InChI is InChI=1S/C16H12BrClFNO5S/c1-8(21)25-13-7-24-16-10(13)5-9(18)6-14(16)26(22,23)20-12-4-2-3-11(17)15(12)19/h2-6,13,20H,7H2,1H3/t13-/m1/s1. The summed E-state index contributed by atoms with van der Waals surface area (Å²) in [4.78, 5) is 10.9. The second-order valence-corrected chi connectivity index (χ2v) is 8.38. The fourth-order valence-corrected chi connectivity index (χ4v) is 4.43. The number of carbonyl (C=O) groups is 1. The number of sulfonamides is 1. The summed E-state index contributed by atoms with van der Waals surface area (Å²) < 4.78 is 52.5. The maximum Gasteiger partial charge on any atom is 0.303 e. The van der Waals surface area contributed by atoms with E-state index >= 15 is 0 Å². The molecule has 6 nitrogen and oxygen atoms in total. The molecule has 0 fully saturated rings. The van der Waals surface area contributed by atoms with Crippen LogP contribution in [0.1, 0.15) is 18.6 Å². The van der Waals surface area contributed by atoms with Crippen molar-refractivity contribution >= 4 is 49.2 Å². The van der Waals surface area contributed by atoms with Crippen LogP contribution in [0.3, 0.4) is 0 Å². The number of rotatable bonds is 4. The van der Waals surface area contributed by atoms with E-state index in [1.165, 1.54) is 37.3 Å². The van der Waals surface area contributed by atoms with Crippen LogP contribution in [0.15, 0.2) is 39.7 Å². The number of ether oxygens (including phenoxy) is 2. The van der Waals surface area contributed by atoms with Crippen molar-refractivity contribution in [3.8, 4) is 5.75 Å². The molecule has 0 aliphatic carbocycles. The van der Waals surface area contributed by atoms with Crippen molar-refractivity contribution in [1.29, 1.82) is 0 Å². The van der Waals surface area contributed by atoms with Crippen molar-refractivity contribution in [2.45, 2.75) is 17.9 Å². The highest BCUT2D eigenvalue weighted by Crippen LogP contribution is 2.42. The molecule has 2 aromatic rings. The van der Waals surface area contributed by atoms with E-state index in [4.69, 9.17) is 21.1 Å². The van der Waals surface area contributed by atoms with Crippen LogP contribution in [0, 0.1) is 5.82 Å². The average Bonchev–Trinajstić information content (AvgIpc) is 2.93. The van der Waals surface area contributed by atoms with Crippen LogP contribution in [-0.4, -0.2) is 21.0 Å². The van der Waals surface area contributed by atoms with Gasteiger partial charge in [-0.05, 0) is 40.2 Å². The molecule has 10 heteroatoms. The van der Waals surface area contributed by atoms with E-state index in [0.29, 0.717) is 5.56 Å². The van der Waals surface area contributed by atoms with Gasteiger partial charge in [-0.1, -0.05) is 17.7 Å². The zero-order valence-electron chi connectivity index (χ0n) is 13.3. The molecule has 1 N–H and O–H groups in total.